The Kier molecular flexibility index (Phi) is 6.93. The summed E-state index contributed by atoms with van der Waals surface area (Å²) in [5, 5.41) is 16.4. The molecule has 4 rings (SSSR count). The van der Waals surface area contributed by atoms with Gasteiger partial charge in [0, 0.05) is 41.3 Å². The van der Waals surface area contributed by atoms with E-state index in [1.807, 2.05) is 12.1 Å². The Morgan fingerprint density at radius 2 is 1.91 bits per heavy atom. The first-order valence-corrected chi connectivity index (χ1v) is 11.7. The Morgan fingerprint density at radius 1 is 1.19 bits per heavy atom. The number of hydrogen-bond acceptors (Lipinski definition) is 5. The van der Waals surface area contributed by atoms with Gasteiger partial charge in [0.05, 0.1) is 0 Å². The van der Waals surface area contributed by atoms with Gasteiger partial charge in [-0.3, -0.25) is 9.69 Å². The highest BCUT2D eigenvalue weighted by Crippen LogP contribution is 2.42. The quantitative estimate of drug-likeness (QED) is 0.574. The molecule has 6 nitrogen and oxygen atoms in total. The third-order valence-corrected chi connectivity index (χ3v) is 7.13. The van der Waals surface area contributed by atoms with Gasteiger partial charge in [0.25, 0.3) is 0 Å². The van der Waals surface area contributed by atoms with E-state index in [0.717, 1.165) is 31.4 Å². The summed E-state index contributed by atoms with van der Waals surface area (Å²) in [5.74, 6) is -0.174. The SMILES string of the molecule is CN(C)C1(c2ccccc2)CCC(Nc2cc(Cl)cc(O[C@@H]3CN[C@H](C(=O)O)C3)c2)CC1. The fourth-order valence-electron chi connectivity index (χ4n) is 5.11. The number of anilines is 1. The van der Waals surface area contributed by atoms with Crippen molar-refractivity contribution in [1.29, 1.82) is 0 Å². The average Bonchev–Trinajstić information content (AvgIpc) is 3.23. The van der Waals surface area contributed by atoms with Crippen LogP contribution in [-0.2, 0) is 10.3 Å². The molecule has 3 N–H and O–H groups in total. The molecule has 0 spiro atoms. The van der Waals surface area contributed by atoms with E-state index in [2.05, 4.69) is 60.0 Å². The van der Waals surface area contributed by atoms with Crippen LogP contribution in [0, 0.1) is 0 Å². The number of nitrogens with zero attached hydrogens (tertiary/aromatic N) is 1. The maximum atomic E-state index is 11.2. The molecule has 1 heterocycles. The first-order valence-electron chi connectivity index (χ1n) is 11.3. The van der Waals surface area contributed by atoms with Crippen molar-refractivity contribution in [3.8, 4) is 5.75 Å². The van der Waals surface area contributed by atoms with Crippen molar-refractivity contribution in [1.82, 2.24) is 10.2 Å². The van der Waals surface area contributed by atoms with Crippen LogP contribution in [0.2, 0.25) is 5.02 Å². The highest BCUT2D eigenvalue weighted by atomic mass is 35.5. The fraction of sp³-hybridized carbons (Fsp3) is 0.480. The summed E-state index contributed by atoms with van der Waals surface area (Å²) >= 11 is 6.36. The average molecular weight is 458 g/mol. The van der Waals surface area contributed by atoms with Gasteiger partial charge in [-0.2, -0.15) is 0 Å². The zero-order valence-corrected chi connectivity index (χ0v) is 19.4. The van der Waals surface area contributed by atoms with Gasteiger partial charge in [-0.15, -0.1) is 0 Å². The minimum Gasteiger partial charge on any atom is -0.489 e. The maximum Gasteiger partial charge on any atom is 0.320 e. The van der Waals surface area contributed by atoms with Crippen molar-refractivity contribution in [2.24, 2.45) is 0 Å². The summed E-state index contributed by atoms with van der Waals surface area (Å²) < 4.78 is 6.03. The molecule has 2 atom stereocenters. The number of hydrogen-bond donors (Lipinski definition) is 3. The molecule has 32 heavy (non-hydrogen) atoms. The molecule has 2 aromatic rings. The van der Waals surface area contributed by atoms with E-state index in [1.54, 1.807) is 6.07 Å². The number of carbonyl (C=O) groups is 1. The van der Waals surface area contributed by atoms with E-state index in [0.29, 0.717) is 29.8 Å². The van der Waals surface area contributed by atoms with E-state index >= 15 is 0 Å². The van der Waals surface area contributed by atoms with Crippen molar-refractivity contribution in [3.63, 3.8) is 0 Å². The molecular weight excluding hydrogens is 426 g/mol. The predicted octanol–water partition coefficient (Wildman–Crippen LogP) is 4.35. The first-order chi connectivity index (χ1) is 15.4. The number of halogens is 1. The molecule has 7 heteroatoms. The molecule has 172 valence electrons. The van der Waals surface area contributed by atoms with Crippen LogP contribution in [-0.4, -0.2) is 54.8 Å². The molecule has 0 aromatic heterocycles. The van der Waals surface area contributed by atoms with Crippen molar-refractivity contribution in [2.45, 2.75) is 55.8 Å². The number of ether oxygens (including phenoxy) is 1. The third kappa shape index (κ3) is 5.03. The molecule has 0 unspecified atom stereocenters. The summed E-state index contributed by atoms with van der Waals surface area (Å²) in [6, 6.07) is 16.3. The largest absolute Gasteiger partial charge is 0.489 e. The van der Waals surface area contributed by atoms with Crippen molar-refractivity contribution in [3.05, 3.63) is 59.1 Å². The Bertz CT molecular complexity index is 929. The van der Waals surface area contributed by atoms with Crippen LogP contribution in [0.15, 0.2) is 48.5 Å². The minimum absolute atomic E-state index is 0.0677. The Labute approximate surface area is 194 Å². The lowest BCUT2D eigenvalue weighted by atomic mass is 9.74. The maximum absolute atomic E-state index is 11.2. The van der Waals surface area contributed by atoms with Gasteiger partial charge >= 0.3 is 5.97 Å². The van der Waals surface area contributed by atoms with Crippen LogP contribution in [0.5, 0.6) is 5.75 Å². The van der Waals surface area contributed by atoms with E-state index in [9.17, 15) is 4.79 Å². The fourth-order valence-corrected chi connectivity index (χ4v) is 5.33. The van der Waals surface area contributed by atoms with Gasteiger partial charge in [-0.25, -0.2) is 0 Å². The lowest BCUT2D eigenvalue weighted by Gasteiger charge is -2.46. The number of benzene rings is 2. The van der Waals surface area contributed by atoms with Crippen LogP contribution in [0.4, 0.5) is 5.69 Å². The van der Waals surface area contributed by atoms with Crippen molar-refractivity contribution >= 4 is 23.3 Å². The highest BCUT2D eigenvalue weighted by Gasteiger charge is 2.38. The molecule has 1 aliphatic carbocycles. The Morgan fingerprint density at radius 3 is 2.53 bits per heavy atom. The van der Waals surface area contributed by atoms with Crippen LogP contribution in [0.3, 0.4) is 0 Å². The molecular formula is C25H32ClN3O3. The number of aliphatic carboxylic acids is 1. The van der Waals surface area contributed by atoms with Gasteiger partial charge in [-0.05, 0) is 57.5 Å². The van der Waals surface area contributed by atoms with E-state index in [1.165, 1.54) is 5.56 Å². The van der Waals surface area contributed by atoms with Gasteiger partial charge in [0.2, 0.25) is 0 Å². The van der Waals surface area contributed by atoms with Gasteiger partial charge in [-0.1, -0.05) is 41.9 Å². The van der Waals surface area contributed by atoms with E-state index in [-0.39, 0.29) is 11.6 Å². The molecule has 1 saturated heterocycles. The lowest BCUT2D eigenvalue weighted by molar-refractivity contribution is -0.139. The Hall–Kier alpha value is -2.28. The number of nitrogens with one attached hydrogen (secondary N) is 2. The highest BCUT2D eigenvalue weighted by molar-refractivity contribution is 6.31. The van der Waals surface area contributed by atoms with E-state index < -0.39 is 12.0 Å². The first kappa shape index (κ1) is 22.9. The smallest absolute Gasteiger partial charge is 0.320 e. The predicted molar refractivity (Wildman–Crippen MR) is 128 cm³/mol. The molecule has 2 aliphatic rings. The number of rotatable bonds is 7. The summed E-state index contributed by atoms with van der Waals surface area (Å²) in [5.41, 5.74) is 2.39. The van der Waals surface area contributed by atoms with Crippen LogP contribution in [0.25, 0.3) is 0 Å². The molecule has 2 aromatic carbocycles. The summed E-state index contributed by atoms with van der Waals surface area (Å²) in [7, 11) is 4.35. The minimum atomic E-state index is -0.842. The van der Waals surface area contributed by atoms with Crippen LogP contribution >= 0.6 is 11.6 Å². The third-order valence-electron chi connectivity index (χ3n) is 6.91. The zero-order chi connectivity index (χ0) is 22.7. The van der Waals surface area contributed by atoms with Gasteiger partial charge in [0.1, 0.15) is 17.9 Å². The van der Waals surface area contributed by atoms with Crippen LogP contribution in [0.1, 0.15) is 37.7 Å². The van der Waals surface area contributed by atoms with Gasteiger partial charge in [0.15, 0.2) is 0 Å². The summed E-state index contributed by atoms with van der Waals surface area (Å²) in [6.07, 6.45) is 4.54. The van der Waals surface area contributed by atoms with E-state index in [4.69, 9.17) is 21.4 Å². The molecule has 1 aliphatic heterocycles. The van der Waals surface area contributed by atoms with Crippen molar-refractivity contribution < 1.29 is 14.6 Å². The second kappa shape index (κ2) is 9.69. The standard InChI is InChI=1S/C25H32ClN3O3/c1-29(2)25(17-6-4-3-5-7-17)10-8-19(9-11-25)28-20-12-18(26)13-21(14-20)32-22-15-23(24(30)31)27-16-22/h3-7,12-14,19,22-23,27-28H,8-11,15-16H2,1-2H3,(H,30,31)/t19?,22-,23-,25?/m0/s1. The summed E-state index contributed by atoms with van der Waals surface area (Å²) in [6.45, 7) is 0.515. The van der Waals surface area contributed by atoms with Crippen molar-refractivity contribution in [2.75, 3.05) is 26.0 Å². The monoisotopic (exact) mass is 457 g/mol. The molecule has 0 radical (unpaired) electrons. The molecule has 0 amide bonds. The zero-order valence-electron chi connectivity index (χ0n) is 18.7. The molecule has 0 bridgehead atoms. The van der Waals surface area contributed by atoms with Crippen LogP contribution < -0.4 is 15.4 Å². The molecule has 1 saturated carbocycles. The topological polar surface area (TPSA) is 73.8 Å². The summed E-state index contributed by atoms with van der Waals surface area (Å²) in [4.78, 5) is 13.5. The normalized spacial score (nSPS) is 27.9. The number of carboxylic acids is 1. The second-order valence-corrected chi connectivity index (χ2v) is 9.60. The lowest BCUT2D eigenvalue weighted by Crippen LogP contribution is -2.46. The second-order valence-electron chi connectivity index (χ2n) is 9.16. The van der Waals surface area contributed by atoms with Gasteiger partial charge < -0.3 is 20.5 Å². The molecule has 2 fully saturated rings. The number of carboxylic acid groups (broad SMARTS) is 1. The Balaban J connectivity index is 1.39.